The van der Waals surface area contributed by atoms with E-state index in [4.69, 9.17) is 0 Å². The van der Waals surface area contributed by atoms with Crippen molar-refractivity contribution >= 4 is 51.9 Å². The number of aliphatic imine (C=N–C) groups is 1. The number of amides is 2. The molecule has 0 spiro atoms. The van der Waals surface area contributed by atoms with Crippen LogP contribution in [0.4, 0.5) is 25.8 Å². The van der Waals surface area contributed by atoms with Crippen molar-refractivity contribution in [2.75, 3.05) is 35.0 Å². The Morgan fingerprint density at radius 1 is 1.05 bits per heavy atom. The Bertz CT molecular complexity index is 1400. The molecule has 0 saturated heterocycles. The number of thioether (sulfide) groups is 1. The van der Waals surface area contributed by atoms with Gasteiger partial charge in [-0.15, -0.1) is 0 Å². The Hall–Kier alpha value is -4.18. The summed E-state index contributed by atoms with van der Waals surface area (Å²) < 4.78 is 29.6. The highest BCUT2D eigenvalue weighted by molar-refractivity contribution is 8.14. The van der Waals surface area contributed by atoms with E-state index >= 15 is 0 Å². The average Bonchev–Trinajstić information content (AvgIpc) is 3.17. The minimum absolute atomic E-state index is 0.00694. The Morgan fingerprint density at radius 3 is 2.28 bits per heavy atom. The van der Waals surface area contributed by atoms with E-state index in [1.165, 1.54) is 29.2 Å². The summed E-state index contributed by atoms with van der Waals surface area (Å²) in [5, 5.41) is 3.18. The standard InChI is InChI=1S/C29H28F2N4O3S/c1-18-13-19(2)15-21(14-18)32-26(36)17-39-29-33-25(16-20-5-7-22(8-6-20)34(3)4)27(37)35(29)23-9-11-24(12-10-23)38-28(30)31/h5-16,28H,17H2,1-4H3,(H,32,36)/b25-16-. The van der Waals surface area contributed by atoms with E-state index in [1.807, 2.05) is 75.3 Å². The summed E-state index contributed by atoms with van der Waals surface area (Å²) in [6, 6.07) is 19.1. The maximum atomic E-state index is 13.4. The molecule has 202 valence electrons. The van der Waals surface area contributed by atoms with Crippen LogP contribution in [-0.4, -0.2) is 43.4 Å². The summed E-state index contributed by atoms with van der Waals surface area (Å²) in [4.78, 5) is 34.0. The van der Waals surface area contributed by atoms with Crippen LogP contribution in [0.2, 0.25) is 0 Å². The Morgan fingerprint density at radius 2 is 1.69 bits per heavy atom. The highest BCUT2D eigenvalue weighted by Gasteiger charge is 2.32. The predicted octanol–water partition coefficient (Wildman–Crippen LogP) is 6.09. The van der Waals surface area contributed by atoms with Crippen LogP contribution in [-0.2, 0) is 9.59 Å². The quantitative estimate of drug-likeness (QED) is 0.344. The first-order valence-electron chi connectivity index (χ1n) is 12.1. The van der Waals surface area contributed by atoms with E-state index in [0.29, 0.717) is 16.5 Å². The van der Waals surface area contributed by atoms with Gasteiger partial charge in [0.1, 0.15) is 11.4 Å². The molecule has 1 heterocycles. The van der Waals surface area contributed by atoms with Gasteiger partial charge in [-0.3, -0.25) is 14.5 Å². The third-order valence-corrected chi connectivity index (χ3v) is 6.64. The van der Waals surface area contributed by atoms with Crippen LogP contribution in [0.15, 0.2) is 77.4 Å². The second-order valence-electron chi connectivity index (χ2n) is 9.14. The van der Waals surface area contributed by atoms with E-state index in [0.717, 1.165) is 34.1 Å². The van der Waals surface area contributed by atoms with E-state index in [1.54, 1.807) is 6.08 Å². The number of nitrogens with zero attached hydrogens (tertiary/aromatic N) is 3. The van der Waals surface area contributed by atoms with Crippen molar-refractivity contribution in [2.24, 2.45) is 4.99 Å². The summed E-state index contributed by atoms with van der Waals surface area (Å²) in [6.07, 6.45) is 1.67. The molecule has 0 fully saturated rings. The van der Waals surface area contributed by atoms with Crippen molar-refractivity contribution in [1.82, 2.24) is 0 Å². The van der Waals surface area contributed by atoms with Crippen molar-refractivity contribution in [3.8, 4) is 5.75 Å². The summed E-state index contributed by atoms with van der Waals surface area (Å²) in [6.45, 7) is 0.947. The van der Waals surface area contributed by atoms with Crippen LogP contribution < -0.4 is 19.9 Å². The monoisotopic (exact) mass is 550 g/mol. The lowest BCUT2D eigenvalue weighted by Crippen LogP contribution is -2.31. The van der Waals surface area contributed by atoms with E-state index in [2.05, 4.69) is 15.0 Å². The summed E-state index contributed by atoms with van der Waals surface area (Å²) in [7, 11) is 3.88. The number of aryl methyl sites for hydroxylation is 2. The molecule has 1 aliphatic heterocycles. The number of hydrogen-bond acceptors (Lipinski definition) is 6. The molecule has 1 N–H and O–H groups in total. The number of anilines is 3. The SMILES string of the molecule is Cc1cc(C)cc(NC(=O)CSC2=N/C(=C\c3ccc(N(C)C)cc3)C(=O)N2c2ccc(OC(F)F)cc2)c1. The molecule has 2 amide bonds. The summed E-state index contributed by atoms with van der Waals surface area (Å²) in [5.74, 6) is -0.674. The van der Waals surface area contributed by atoms with Crippen LogP contribution in [0.5, 0.6) is 5.75 Å². The van der Waals surface area contributed by atoms with Crippen LogP contribution >= 0.6 is 11.8 Å². The maximum Gasteiger partial charge on any atom is 0.387 e. The molecule has 0 saturated carbocycles. The molecule has 0 unspecified atom stereocenters. The van der Waals surface area contributed by atoms with Gasteiger partial charge < -0.3 is 15.0 Å². The molecule has 0 aliphatic carbocycles. The van der Waals surface area contributed by atoms with Gasteiger partial charge in [-0.2, -0.15) is 8.78 Å². The zero-order valence-electron chi connectivity index (χ0n) is 21.9. The predicted molar refractivity (Wildman–Crippen MR) is 154 cm³/mol. The Balaban J connectivity index is 1.57. The fourth-order valence-electron chi connectivity index (χ4n) is 4.00. The van der Waals surface area contributed by atoms with Gasteiger partial charge in [0.05, 0.1) is 11.4 Å². The lowest BCUT2D eigenvalue weighted by atomic mass is 10.1. The number of ether oxygens (including phenoxy) is 1. The van der Waals surface area contributed by atoms with Crippen LogP contribution in [0.25, 0.3) is 6.08 Å². The second kappa shape index (κ2) is 12.1. The van der Waals surface area contributed by atoms with Crippen LogP contribution in [0, 0.1) is 13.8 Å². The Labute approximate surface area is 230 Å². The minimum atomic E-state index is -2.96. The molecule has 10 heteroatoms. The van der Waals surface area contributed by atoms with Gasteiger partial charge in [-0.05, 0) is 85.1 Å². The van der Waals surface area contributed by atoms with E-state index in [9.17, 15) is 18.4 Å². The number of halogens is 2. The van der Waals surface area contributed by atoms with E-state index < -0.39 is 12.5 Å². The number of carbonyl (C=O) groups excluding carboxylic acids is 2. The number of amidine groups is 1. The number of nitrogens with one attached hydrogen (secondary N) is 1. The number of carbonyl (C=O) groups is 2. The molecule has 39 heavy (non-hydrogen) atoms. The highest BCUT2D eigenvalue weighted by atomic mass is 32.2. The number of benzene rings is 3. The number of hydrogen-bond donors (Lipinski definition) is 1. The molecule has 1 aliphatic rings. The molecule has 3 aromatic carbocycles. The van der Waals surface area contributed by atoms with Gasteiger partial charge in [0.2, 0.25) is 5.91 Å². The van der Waals surface area contributed by atoms with Crippen molar-refractivity contribution in [3.63, 3.8) is 0 Å². The van der Waals surface area contributed by atoms with Gasteiger partial charge >= 0.3 is 6.61 Å². The van der Waals surface area contributed by atoms with Crippen molar-refractivity contribution in [2.45, 2.75) is 20.5 Å². The smallest absolute Gasteiger partial charge is 0.387 e. The van der Waals surface area contributed by atoms with Gasteiger partial charge in [-0.25, -0.2) is 4.99 Å². The minimum Gasteiger partial charge on any atom is -0.435 e. The van der Waals surface area contributed by atoms with Crippen molar-refractivity contribution in [3.05, 3.63) is 89.1 Å². The summed E-state index contributed by atoms with van der Waals surface area (Å²) >= 11 is 1.11. The molecule has 0 aromatic heterocycles. The molecule has 0 atom stereocenters. The zero-order valence-corrected chi connectivity index (χ0v) is 22.8. The molecule has 3 aromatic rings. The lowest BCUT2D eigenvalue weighted by molar-refractivity contribution is -0.114. The first-order chi connectivity index (χ1) is 18.6. The molecule has 0 radical (unpaired) electrons. The number of rotatable bonds is 8. The maximum absolute atomic E-state index is 13.4. The fourth-order valence-corrected chi connectivity index (χ4v) is 4.81. The van der Waals surface area contributed by atoms with Crippen LogP contribution in [0.3, 0.4) is 0 Å². The molecule has 0 bridgehead atoms. The van der Waals surface area contributed by atoms with Gasteiger partial charge in [-0.1, -0.05) is 30.0 Å². The van der Waals surface area contributed by atoms with Gasteiger partial charge in [0.15, 0.2) is 5.17 Å². The fraction of sp³-hybridized carbons (Fsp3) is 0.207. The topological polar surface area (TPSA) is 74.2 Å². The van der Waals surface area contributed by atoms with Crippen molar-refractivity contribution in [1.29, 1.82) is 0 Å². The summed E-state index contributed by atoms with van der Waals surface area (Å²) in [5.41, 5.74) is 5.15. The first kappa shape index (κ1) is 27.8. The van der Waals surface area contributed by atoms with Crippen molar-refractivity contribution < 1.29 is 23.1 Å². The first-order valence-corrected chi connectivity index (χ1v) is 13.1. The van der Waals surface area contributed by atoms with E-state index in [-0.39, 0.29) is 23.1 Å². The third kappa shape index (κ3) is 7.23. The van der Waals surface area contributed by atoms with Gasteiger partial charge in [0, 0.05) is 25.5 Å². The van der Waals surface area contributed by atoms with Crippen LogP contribution in [0.1, 0.15) is 16.7 Å². The largest absolute Gasteiger partial charge is 0.435 e. The normalized spacial score (nSPS) is 14.1. The Kier molecular flexibility index (Phi) is 8.65. The number of alkyl halides is 2. The molecular weight excluding hydrogens is 522 g/mol. The lowest BCUT2D eigenvalue weighted by Gasteiger charge is -2.18. The highest BCUT2D eigenvalue weighted by Crippen LogP contribution is 2.31. The third-order valence-electron chi connectivity index (χ3n) is 5.70. The molecular formula is C29H28F2N4O3S. The van der Waals surface area contributed by atoms with Gasteiger partial charge in [0.25, 0.3) is 5.91 Å². The molecule has 7 nitrogen and oxygen atoms in total. The zero-order chi connectivity index (χ0) is 28.1. The molecule has 4 rings (SSSR count). The second-order valence-corrected chi connectivity index (χ2v) is 10.1. The average molecular weight is 551 g/mol.